The maximum Gasteiger partial charge on any atom is 0.261 e. The molecular weight excluding hydrogens is 617 g/mol. The number of methoxy groups -OCH3 is 2. The number of para-hydroxylation sites is 2. The first-order chi connectivity index (χ1) is 21.6. The average Bonchev–Trinajstić information content (AvgIpc) is 3.89. The molecule has 2 aromatic carbocycles. The fourth-order valence-electron chi connectivity index (χ4n) is 4.94. The predicted octanol–water partition coefficient (Wildman–Crippen LogP) is 5.81. The van der Waals surface area contributed by atoms with Gasteiger partial charge in [-0.05, 0) is 41.1 Å². The van der Waals surface area contributed by atoms with Gasteiger partial charge in [-0.2, -0.15) is 5.10 Å². The van der Waals surface area contributed by atoms with Gasteiger partial charge in [-0.25, -0.2) is 5.01 Å². The molecule has 0 fully saturated rings. The van der Waals surface area contributed by atoms with Gasteiger partial charge in [-0.1, -0.05) is 54.2 Å². The SMILES string of the molecule is COc1cccc(C2CC(c3cccs3)=NN2C(=O)CSc2nnc(CNC(=O)c3cccs3)n2-c2ccccc2)c1OC. The van der Waals surface area contributed by atoms with E-state index in [4.69, 9.17) is 14.6 Å². The van der Waals surface area contributed by atoms with Crippen molar-refractivity contribution in [3.05, 3.63) is 105 Å². The van der Waals surface area contributed by atoms with Crippen LogP contribution in [0.5, 0.6) is 11.5 Å². The van der Waals surface area contributed by atoms with E-state index in [0.717, 1.165) is 21.8 Å². The van der Waals surface area contributed by atoms with Gasteiger partial charge in [0.25, 0.3) is 11.8 Å². The number of carbonyl (C=O) groups excluding carboxylic acids is 2. The molecule has 0 aliphatic carbocycles. The molecule has 2 amide bonds. The van der Waals surface area contributed by atoms with Crippen molar-refractivity contribution in [3.8, 4) is 17.2 Å². The summed E-state index contributed by atoms with van der Waals surface area (Å²) in [5, 5.41) is 22.4. The summed E-state index contributed by atoms with van der Waals surface area (Å²) < 4.78 is 13.1. The summed E-state index contributed by atoms with van der Waals surface area (Å²) in [7, 11) is 3.18. The Balaban J connectivity index is 1.26. The van der Waals surface area contributed by atoms with Gasteiger partial charge in [-0.15, -0.1) is 32.9 Å². The van der Waals surface area contributed by atoms with Gasteiger partial charge < -0.3 is 14.8 Å². The molecule has 0 saturated carbocycles. The number of nitrogens with one attached hydrogen (secondary N) is 1. The number of nitrogens with zero attached hydrogens (tertiary/aromatic N) is 5. The lowest BCUT2D eigenvalue weighted by Gasteiger charge is -2.24. The van der Waals surface area contributed by atoms with Crippen molar-refractivity contribution in [1.29, 1.82) is 0 Å². The monoisotopic (exact) mass is 644 g/mol. The van der Waals surface area contributed by atoms with Gasteiger partial charge in [0.15, 0.2) is 22.5 Å². The standard InChI is InChI=1S/C31H28N6O4S3/c1-40-24-12-6-11-21(29(24)41-2)23-17-22(25-13-7-15-42-25)35-37(23)28(38)19-44-31-34-33-27(36(31)20-9-4-3-5-10-20)18-32-30(39)26-14-8-16-43-26/h3-16,23H,17-19H2,1-2H3,(H,32,39). The molecule has 3 aromatic heterocycles. The molecular formula is C31H28N6O4S3. The van der Waals surface area contributed by atoms with Gasteiger partial charge in [0, 0.05) is 17.7 Å². The molecule has 13 heteroatoms. The Morgan fingerprint density at radius 3 is 2.50 bits per heavy atom. The molecule has 1 unspecified atom stereocenters. The average molecular weight is 645 g/mol. The molecule has 0 radical (unpaired) electrons. The van der Waals surface area contributed by atoms with Crippen LogP contribution < -0.4 is 14.8 Å². The highest BCUT2D eigenvalue weighted by molar-refractivity contribution is 7.99. The van der Waals surface area contributed by atoms with Gasteiger partial charge >= 0.3 is 0 Å². The molecule has 224 valence electrons. The van der Waals surface area contributed by atoms with E-state index in [1.807, 2.05) is 82.1 Å². The zero-order valence-electron chi connectivity index (χ0n) is 23.9. The van der Waals surface area contributed by atoms with E-state index in [9.17, 15) is 9.59 Å². The largest absolute Gasteiger partial charge is 0.493 e. The first kappa shape index (κ1) is 29.6. The highest BCUT2D eigenvalue weighted by Crippen LogP contribution is 2.42. The molecule has 10 nitrogen and oxygen atoms in total. The van der Waals surface area contributed by atoms with Gasteiger partial charge in [0.1, 0.15) is 0 Å². The third-order valence-electron chi connectivity index (χ3n) is 6.96. The number of hydrogen-bond donors (Lipinski definition) is 1. The van der Waals surface area contributed by atoms with Crippen molar-refractivity contribution in [2.45, 2.75) is 24.2 Å². The second kappa shape index (κ2) is 13.5. The predicted molar refractivity (Wildman–Crippen MR) is 172 cm³/mol. The number of hydrazone groups is 1. The Bertz CT molecular complexity index is 1770. The van der Waals surface area contributed by atoms with Crippen LogP contribution in [0.1, 0.15) is 38.4 Å². The number of aromatic nitrogens is 3. The van der Waals surface area contributed by atoms with Crippen LogP contribution in [-0.4, -0.2) is 57.3 Å². The summed E-state index contributed by atoms with van der Waals surface area (Å²) in [5.74, 6) is 1.41. The number of thioether (sulfide) groups is 1. The third-order valence-corrected chi connectivity index (χ3v) is 9.66. The van der Waals surface area contributed by atoms with Crippen LogP contribution >= 0.6 is 34.4 Å². The van der Waals surface area contributed by atoms with Crippen LogP contribution in [0, 0.1) is 0 Å². The van der Waals surface area contributed by atoms with E-state index in [2.05, 4.69) is 15.5 Å². The summed E-state index contributed by atoms with van der Waals surface area (Å²) >= 11 is 4.23. The van der Waals surface area contributed by atoms with Crippen LogP contribution in [0.25, 0.3) is 5.69 Å². The molecule has 1 aliphatic rings. The lowest BCUT2D eigenvalue weighted by Crippen LogP contribution is -2.29. The second-order valence-corrected chi connectivity index (χ2v) is 12.4. The zero-order chi connectivity index (χ0) is 30.5. The number of hydrogen-bond acceptors (Lipinski definition) is 10. The maximum atomic E-state index is 13.9. The highest BCUT2D eigenvalue weighted by Gasteiger charge is 2.36. The Kier molecular flexibility index (Phi) is 9.05. The molecule has 4 heterocycles. The van der Waals surface area contributed by atoms with E-state index in [-0.39, 0.29) is 30.2 Å². The fourth-order valence-corrected chi connectivity index (χ4v) is 7.12. The number of carbonyl (C=O) groups is 2. The molecule has 6 rings (SSSR count). The molecule has 1 N–H and O–H groups in total. The maximum absolute atomic E-state index is 13.9. The van der Waals surface area contributed by atoms with Crippen LogP contribution in [0.15, 0.2) is 93.8 Å². The van der Waals surface area contributed by atoms with Crippen LogP contribution in [0.2, 0.25) is 0 Å². The Labute approximate surface area is 266 Å². The smallest absolute Gasteiger partial charge is 0.261 e. The number of ether oxygens (including phenoxy) is 2. The van der Waals surface area contributed by atoms with Crippen molar-refractivity contribution in [2.24, 2.45) is 5.10 Å². The van der Waals surface area contributed by atoms with E-state index >= 15 is 0 Å². The first-order valence-electron chi connectivity index (χ1n) is 13.7. The summed E-state index contributed by atoms with van der Waals surface area (Å²) in [4.78, 5) is 28.1. The van der Waals surface area contributed by atoms with Crippen LogP contribution in [0.4, 0.5) is 0 Å². The lowest BCUT2D eigenvalue weighted by molar-refractivity contribution is -0.130. The second-order valence-electron chi connectivity index (χ2n) is 9.58. The van der Waals surface area contributed by atoms with E-state index in [1.165, 1.54) is 23.1 Å². The molecule has 1 atom stereocenters. The van der Waals surface area contributed by atoms with Crippen molar-refractivity contribution < 1.29 is 19.1 Å². The first-order valence-corrected chi connectivity index (χ1v) is 16.4. The summed E-state index contributed by atoms with van der Waals surface area (Å²) in [6.07, 6.45) is 0.536. The highest BCUT2D eigenvalue weighted by atomic mass is 32.2. The minimum Gasteiger partial charge on any atom is -0.493 e. The molecule has 44 heavy (non-hydrogen) atoms. The molecule has 5 aromatic rings. The molecule has 0 spiro atoms. The number of thiophene rings is 2. The number of benzene rings is 2. The summed E-state index contributed by atoms with van der Waals surface area (Å²) in [6, 6.07) is 22.5. The zero-order valence-corrected chi connectivity index (χ0v) is 26.3. The van der Waals surface area contributed by atoms with Crippen LogP contribution in [-0.2, 0) is 11.3 Å². The third kappa shape index (κ3) is 6.11. The summed E-state index contributed by atoms with van der Waals surface area (Å²) in [5.41, 5.74) is 2.48. The van der Waals surface area contributed by atoms with E-state index in [1.54, 1.807) is 36.6 Å². The molecule has 1 aliphatic heterocycles. The van der Waals surface area contributed by atoms with Crippen LogP contribution in [0.3, 0.4) is 0 Å². The van der Waals surface area contributed by atoms with Crippen molar-refractivity contribution in [3.63, 3.8) is 0 Å². The van der Waals surface area contributed by atoms with Gasteiger partial charge in [0.05, 0.1) is 48.0 Å². The van der Waals surface area contributed by atoms with Crippen molar-refractivity contribution in [1.82, 2.24) is 25.1 Å². The topological polar surface area (TPSA) is 111 Å². The fraction of sp³-hybridized carbons (Fsp3) is 0.194. The van der Waals surface area contributed by atoms with Crippen molar-refractivity contribution in [2.75, 3.05) is 20.0 Å². The minimum absolute atomic E-state index is 0.0660. The minimum atomic E-state index is -0.375. The number of rotatable bonds is 11. The normalized spacial score (nSPS) is 14.4. The van der Waals surface area contributed by atoms with Crippen molar-refractivity contribution >= 4 is 52.0 Å². The van der Waals surface area contributed by atoms with E-state index < -0.39 is 0 Å². The molecule has 0 saturated heterocycles. The number of amides is 2. The summed E-state index contributed by atoms with van der Waals surface area (Å²) in [6.45, 7) is 0.172. The Morgan fingerprint density at radius 2 is 1.77 bits per heavy atom. The van der Waals surface area contributed by atoms with Gasteiger partial charge in [0.2, 0.25) is 0 Å². The molecule has 0 bridgehead atoms. The lowest BCUT2D eigenvalue weighted by atomic mass is 9.99. The van der Waals surface area contributed by atoms with E-state index in [0.29, 0.717) is 33.8 Å². The quantitative estimate of drug-likeness (QED) is 0.181. The Hall–Kier alpha value is -4.46. The Morgan fingerprint density at radius 1 is 0.955 bits per heavy atom. The van der Waals surface area contributed by atoms with Gasteiger partial charge in [-0.3, -0.25) is 14.2 Å².